The molecule has 0 aliphatic rings. The Morgan fingerprint density at radius 3 is 2.63 bits per heavy atom. The number of halogens is 1. The fourth-order valence-corrected chi connectivity index (χ4v) is 3.26. The highest BCUT2D eigenvalue weighted by atomic mass is 35.5. The zero-order valence-electron chi connectivity index (χ0n) is 16.2. The first-order valence-corrected chi connectivity index (χ1v) is 9.68. The van der Waals surface area contributed by atoms with Crippen molar-refractivity contribution in [3.8, 4) is 11.3 Å². The number of hydrogen-bond acceptors (Lipinski definition) is 3. The van der Waals surface area contributed by atoms with E-state index in [1.807, 2.05) is 55.6 Å². The summed E-state index contributed by atoms with van der Waals surface area (Å²) in [5.74, 6) is 0.0746. The molecular weight excluding hydrogens is 360 g/mol. The number of hydrogen-bond donors (Lipinski definition) is 1. The predicted molar refractivity (Wildman–Crippen MR) is 109 cm³/mol. The van der Waals surface area contributed by atoms with E-state index in [4.69, 9.17) is 21.7 Å². The van der Waals surface area contributed by atoms with Crippen molar-refractivity contribution in [1.29, 1.82) is 0 Å². The molecule has 3 rings (SSSR count). The van der Waals surface area contributed by atoms with E-state index < -0.39 is 0 Å². The van der Waals surface area contributed by atoms with Gasteiger partial charge in [0.15, 0.2) is 5.65 Å². The summed E-state index contributed by atoms with van der Waals surface area (Å²) in [5.41, 5.74) is 5.70. The maximum atomic E-state index is 12.1. The molecule has 3 aromatic rings. The van der Waals surface area contributed by atoms with E-state index in [0.29, 0.717) is 17.9 Å². The molecule has 1 amide bonds. The Kier molecular flexibility index (Phi) is 5.80. The number of nitrogens with one attached hydrogen (secondary N) is 1. The zero-order chi connectivity index (χ0) is 19.6. The largest absolute Gasteiger partial charge is 0.354 e. The smallest absolute Gasteiger partial charge is 0.220 e. The maximum absolute atomic E-state index is 12.1. The van der Waals surface area contributed by atoms with Gasteiger partial charge in [-0.15, -0.1) is 0 Å². The maximum Gasteiger partial charge on any atom is 0.220 e. The average Bonchev–Trinajstić information content (AvgIpc) is 3.06. The molecule has 0 bridgehead atoms. The van der Waals surface area contributed by atoms with Crippen LogP contribution in [0.3, 0.4) is 0 Å². The van der Waals surface area contributed by atoms with Gasteiger partial charge in [0.25, 0.3) is 0 Å². The lowest BCUT2D eigenvalue weighted by atomic mass is 10.1. The van der Waals surface area contributed by atoms with Gasteiger partial charge < -0.3 is 5.32 Å². The van der Waals surface area contributed by atoms with Gasteiger partial charge in [0, 0.05) is 40.5 Å². The molecular formula is C21H25ClN4O. The third kappa shape index (κ3) is 4.30. The van der Waals surface area contributed by atoms with Gasteiger partial charge in [-0.05, 0) is 51.3 Å². The van der Waals surface area contributed by atoms with E-state index >= 15 is 0 Å². The number of fused-ring (bicyclic) bond motifs is 1. The first-order valence-electron chi connectivity index (χ1n) is 9.30. The van der Waals surface area contributed by atoms with Crippen LogP contribution in [-0.4, -0.2) is 26.5 Å². The highest BCUT2D eigenvalue weighted by Gasteiger charge is 2.15. The fraction of sp³-hybridized carbons (Fsp3) is 0.381. The number of benzene rings is 1. The highest BCUT2D eigenvalue weighted by molar-refractivity contribution is 6.30. The quantitative estimate of drug-likeness (QED) is 0.680. The van der Waals surface area contributed by atoms with Crippen molar-refractivity contribution >= 4 is 23.2 Å². The molecule has 1 N–H and O–H groups in total. The van der Waals surface area contributed by atoms with Crippen molar-refractivity contribution in [1.82, 2.24) is 19.9 Å². The van der Waals surface area contributed by atoms with Gasteiger partial charge in [-0.1, -0.05) is 30.7 Å². The molecule has 6 heteroatoms. The minimum atomic E-state index is 0.0746. The summed E-state index contributed by atoms with van der Waals surface area (Å²) in [7, 11) is 0. The minimum absolute atomic E-state index is 0.0746. The summed E-state index contributed by atoms with van der Waals surface area (Å²) in [6, 6.07) is 9.79. The van der Waals surface area contributed by atoms with Gasteiger partial charge in [0.2, 0.25) is 5.91 Å². The number of amides is 1. The Labute approximate surface area is 164 Å². The van der Waals surface area contributed by atoms with Crippen LogP contribution in [0.4, 0.5) is 0 Å². The van der Waals surface area contributed by atoms with Crippen LogP contribution in [-0.2, 0) is 11.2 Å². The lowest BCUT2D eigenvalue weighted by Gasteiger charge is -2.13. The SMILES string of the molecule is CC[C@H](C)NC(=O)CCc1c(C)nc2cc(-c3ccc(Cl)cc3)nn2c1C. The number of nitrogens with zero attached hydrogens (tertiary/aromatic N) is 3. The molecule has 1 aromatic carbocycles. The molecule has 2 heterocycles. The molecule has 2 aromatic heterocycles. The number of rotatable bonds is 6. The van der Waals surface area contributed by atoms with Gasteiger partial charge >= 0.3 is 0 Å². The van der Waals surface area contributed by atoms with Crippen LogP contribution in [0.25, 0.3) is 16.9 Å². The molecule has 0 aliphatic carbocycles. The first-order chi connectivity index (χ1) is 12.9. The Morgan fingerprint density at radius 1 is 1.26 bits per heavy atom. The summed E-state index contributed by atoms with van der Waals surface area (Å²) < 4.78 is 1.86. The topological polar surface area (TPSA) is 59.3 Å². The molecule has 5 nitrogen and oxygen atoms in total. The Balaban J connectivity index is 1.87. The molecule has 0 fully saturated rings. The second-order valence-corrected chi connectivity index (χ2v) is 7.38. The van der Waals surface area contributed by atoms with Gasteiger partial charge in [-0.3, -0.25) is 4.79 Å². The fourth-order valence-electron chi connectivity index (χ4n) is 3.14. The van der Waals surface area contributed by atoms with Gasteiger partial charge in [-0.25, -0.2) is 9.50 Å². The zero-order valence-corrected chi connectivity index (χ0v) is 17.0. The molecule has 0 aliphatic heterocycles. The Hall–Kier alpha value is -2.40. The molecule has 0 radical (unpaired) electrons. The van der Waals surface area contributed by atoms with Crippen molar-refractivity contribution in [3.63, 3.8) is 0 Å². The lowest BCUT2D eigenvalue weighted by Crippen LogP contribution is -2.32. The number of carbonyl (C=O) groups excluding carboxylic acids is 1. The first kappa shape index (κ1) is 19.4. The van der Waals surface area contributed by atoms with Gasteiger partial charge in [-0.2, -0.15) is 5.10 Å². The summed E-state index contributed by atoms with van der Waals surface area (Å²) in [4.78, 5) is 16.8. The van der Waals surface area contributed by atoms with E-state index in [0.717, 1.165) is 40.3 Å². The third-order valence-corrected chi connectivity index (χ3v) is 5.18. The normalized spacial score (nSPS) is 12.3. The summed E-state index contributed by atoms with van der Waals surface area (Å²) in [6.45, 7) is 8.10. The molecule has 0 saturated carbocycles. The van der Waals surface area contributed by atoms with Crippen LogP contribution in [0.15, 0.2) is 30.3 Å². The summed E-state index contributed by atoms with van der Waals surface area (Å²) in [5, 5.41) is 8.43. The van der Waals surface area contributed by atoms with Crippen LogP contribution in [0.1, 0.15) is 43.6 Å². The number of aromatic nitrogens is 3. The monoisotopic (exact) mass is 384 g/mol. The lowest BCUT2D eigenvalue weighted by molar-refractivity contribution is -0.121. The predicted octanol–water partition coefficient (Wildman–Crippen LogP) is 4.51. The number of aryl methyl sites for hydroxylation is 2. The minimum Gasteiger partial charge on any atom is -0.354 e. The van der Waals surface area contributed by atoms with Gasteiger partial charge in [0.1, 0.15) is 0 Å². The highest BCUT2D eigenvalue weighted by Crippen LogP contribution is 2.24. The van der Waals surface area contributed by atoms with Crippen LogP contribution >= 0.6 is 11.6 Å². The van der Waals surface area contributed by atoms with E-state index in [-0.39, 0.29) is 11.9 Å². The van der Waals surface area contributed by atoms with Crippen molar-refractivity contribution < 1.29 is 4.79 Å². The molecule has 0 unspecified atom stereocenters. The van der Waals surface area contributed by atoms with E-state index in [2.05, 4.69) is 12.2 Å². The van der Waals surface area contributed by atoms with Gasteiger partial charge in [0.05, 0.1) is 5.69 Å². The molecule has 142 valence electrons. The summed E-state index contributed by atoms with van der Waals surface area (Å²) >= 11 is 5.97. The van der Waals surface area contributed by atoms with Crippen molar-refractivity contribution in [2.75, 3.05) is 0 Å². The number of carbonyl (C=O) groups is 1. The van der Waals surface area contributed by atoms with Crippen LogP contribution in [0.5, 0.6) is 0 Å². The molecule has 1 atom stereocenters. The van der Waals surface area contributed by atoms with E-state index in [9.17, 15) is 4.79 Å². The molecule has 0 spiro atoms. The second kappa shape index (κ2) is 8.09. The van der Waals surface area contributed by atoms with E-state index in [1.165, 1.54) is 0 Å². The summed E-state index contributed by atoms with van der Waals surface area (Å²) in [6.07, 6.45) is 2.03. The van der Waals surface area contributed by atoms with Crippen LogP contribution in [0.2, 0.25) is 5.02 Å². The average molecular weight is 385 g/mol. The van der Waals surface area contributed by atoms with Crippen LogP contribution < -0.4 is 5.32 Å². The molecule has 0 saturated heterocycles. The second-order valence-electron chi connectivity index (χ2n) is 6.94. The Bertz CT molecular complexity index is 962. The third-order valence-electron chi connectivity index (χ3n) is 4.93. The Morgan fingerprint density at radius 2 is 1.96 bits per heavy atom. The van der Waals surface area contributed by atoms with E-state index in [1.54, 1.807) is 0 Å². The molecule has 27 heavy (non-hydrogen) atoms. The van der Waals surface area contributed by atoms with Crippen molar-refractivity contribution in [2.45, 2.75) is 53.0 Å². The standard InChI is InChI=1S/C21H25ClN4O/c1-5-13(2)23-21(27)11-10-18-14(3)24-20-12-19(25-26(20)15(18)4)16-6-8-17(22)9-7-16/h6-9,12-13H,5,10-11H2,1-4H3,(H,23,27)/t13-/m0/s1. The van der Waals surface area contributed by atoms with Crippen molar-refractivity contribution in [3.05, 3.63) is 52.3 Å². The van der Waals surface area contributed by atoms with Crippen LogP contribution in [0, 0.1) is 13.8 Å². The van der Waals surface area contributed by atoms with Crippen molar-refractivity contribution in [2.24, 2.45) is 0 Å².